The summed E-state index contributed by atoms with van der Waals surface area (Å²) in [6.45, 7) is 0. The van der Waals surface area contributed by atoms with E-state index in [1.54, 1.807) is 48.5 Å². The maximum absolute atomic E-state index is 12.3. The molecule has 0 bridgehead atoms. The van der Waals surface area contributed by atoms with Crippen LogP contribution in [0.1, 0.15) is 10.5 Å². The molecule has 1 heterocycles. The molecule has 1 aromatic heterocycles. The van der Waals surface area contributed by atoms with E-state index < -0.39 is 20.9 Å². The minimum absolute atomic E-state index is 0. The van der Waals surface area contributed by atoms with Gasteiger partial charge in [-0.1, -0.05) is 36.4 Å². The topological polar surface area (TPSA) is 109 Å². The van der Waals surface area contributed by atoms with Crippen molar-refractivity contribution in [2.75, 3.05) is 0 Å². The van der Waals surface area contributed by atoms with Crippen molar-refractivity contribution in [2.24, 2.45) is 7.05 Å². The van der Waals surface area contributed by atoms with Gasteiger partial charge in [0.15, 0.2) is 11.3 Å². The Balaban J connectivity index is 0.000000310. The van der Waals surface area contributed by atoms with Crippen molar-refractivity contribution in [3.63, 3.8) is 0 Å². The van der Waals surface area contributed by atoms with E-state index in [9.17, 15) is 22.0 Å². The van der Waals surface area contributed by atoms with Gasteiger partial charge in [0.2, 0.25) is 9.84 Å². The number of aryl methyl sites for hydroxylation is 1. The van der Waals surface area contributed by atoms with Gasteiger partial charge in [-0.25, -0.2) is 13.4 Å². The summed E-state index contributed by atoms with van der Waals surface area (Å²) in [6, 6.07) is 16.2. The smallest absolute Gasteiger partial charge is 0.768 e. The van der Waals surface area contributed by atoms with Crippen molar-refractivity contribution in [3.8, 4) is 0 Å². The Kier molecular flexibility index (Phi) is 9.23. The number of rotatable bonds is 4. The molecule has 7 nitrogen and oxygen atoms in total. The molecule has 3 aromatic rings. The number of carbonyl (C=O) groups excluding carboxylic acids is 1. The number of nitrogens with zero attached hydrogens (tertiary/aromatic N) is 2. The van der Waals surface area contributed by atoms with Crippen molar-refractivity contribution in [1.29, 1.82) is 0 Å². The van der Waals surface area contributed by atoms with Gasteiger partial charge in [-0.15, -0.1) is 0 Å². The van der Waals surface area contributed by atoms with Crippen molar-refractivity contribution < 1.29 is 51.5 Å². The standard InChI is InChI=1S/C11H10N2O3S.C6H6O2S.Na/c1-13-8-12-10(7-14)11(13)17(15,16)9-5-3-2-4-6-9;7-9(8)6-4-2-1-3-5-6;/h2-8H,1H3;1-5H,(H,7,8);/q;;+1/p-1. The summed E-state index contributed by atoms with van der Waals surface area (Å²) >= 11 is -2.08. The fourth-order valence-corrected chi connectivity index (χ4v) is 4.01. The molecule has 0 aliphatic carbocycles. The van der Waals surface area contributed by atoms with Crippen molar-refractivity contribution >= 4 is 27.2 Å². The average Bonchev–Trinajstić information content (AvgIpc) is 3.05. The zero-order valence-corrected chi connectivity index (χ0v) is 18.3. The van der Waals surface area contributed by atoms with Gasteiger partial charge in [0.1, 0.15) is 5.69 Å². The van der Waals surface area contributed by atoms with Crippen LogP contribution in [0.2, 0.25) is 0 Å². The monoisotopic (exact) mass is 414 g/mol. The second-order valence-corrected chi connectivity index (χ2v) is 7.83. The SMILES string of the molecule is Cn1cnc(C=O)c1S(=O)(=O)c1ccccc1.O=S([O-])c1ccccc1.[Na+]. The van der Waals surface area contributed by atoms with Gasteiger partial charge in [-0.05, 0) is 35.3 Å². The van der Waals surface area contributed by atoms with Crippen LogP contribution in [0.5, 0.6) is 0 Å². The van der Waals surface area contributed by atoms with Crippen LogP contribution in [0.3, 0.4) is 0 Å². The molecule has 0 radical (unpaired) electrons. The fraction of sp³-hybridized carbons (Fsp3) is 0.0588. The van der Waals surface area contributed by atoms with Crippen molar-refractivity contribution in [1.82, 2.24) is 9.55 Å². The number of sulfone groups is 1. The number of carbonyl (C=O) groups is 1. The summed E-state index contributed by atoms with van der Waals surface area (Å²) in [5.41, 5.74) is -0.0728. The number of hydrogen-bond donors (Lipinski definition) is 0. The molecule has 0 saturated heterocycles. The Labute approximate surface area is 181 Å². The minimum atomic E-state index is -3.70. The van der Waals surface area contributed by atoms with E-state index >= 15 is 0 Å². The molecular weight excluding hydrogens is 399 g/mol. The Morgan fingerprint density at radius 1 is 1.04 bits per heavy atom. The van der Waals surface area contributed by atoms with Gasteiger partial charge in [-0.3, -0.25) is 9.00 Å². The van der Waals surface area contributed by atoms with Gasteiger partial charge >= 0.3 is 29.6 Å². The maximum atomic E-state index is 12.3. The first-order chi connectivity index (χ1) is 12.4. The summed E-state index contributed by atoms with van der Waals surface area (Å²) < 4.78 is 46.3. The molecule has 0 aliphatic heterocycles. The van der Waals surface area contributed by atoms with Crippen LogP contribution in [0.15, 0.2) is 81.8 Å². The first kappa shape index (κ1) is 23.4. The normalized spacial score (nSPS) is 11.5. The van der Waals surface area contributed by atoms with Crippen LogP contribution in [0.25, 0.3) is 0 Å². The molecule has 0 N–H and O–H groups in total. The van der Waals surface area contributed by atoms with E-state index in [4.69, 9.17) is 0 Å². The van der Waals surface area contributed by atoms with E-state index in [-0.39, 0.29) is 45.2 Å². The number of imidazole rings is 1. The van der Waals surface area contributed by atoms with Gasteiger partial charge in [0.05, 0.1) is 11.2 Å². The predicted octanol–water partition coefficient (Wildman–Crippen LogP) is -1.01. The summed E-state index contributed by atoms with van der Waals surface area (Å²) in [5, 5.41) is -0.0845. The van der Waals surface area contributed by atoms with E-state index in [1.165, 1.54) is 30.1 Å². The zero-order valence-electron chi connectivity index (χ0n) is 14.7. The summed E-state index contributed by atoms with van der Waals surface area (Å²) in [5.74, 6) is 0. The van der Waals surface area contributed by atoms with Gasteiger partial charge in [0.25, 0.3) is 0 Å². The minimum Gasteiger partial charge on any atom is -0.768 e. The molecule has 0 saturated carbocycles. The third-order valence-electron chi connectivity index (χ3n) is 3.26. The Bertz CT molecular complexity index is 1010. The van der Waals surface area contributed by atoms with Gasteiger partial charge < -0.3 is 9.12 Å². The second-order valence-electron chi connectivity index (χ2n) is 5.03. The Hall–Kier alpha value is -1.62. The maximum Gasteiger partial charge on any atom is 1.00 e. The largest absolute Gasteiger partial charge is 1.00 e. The van der Waals surface area contributed by atoms with Crippen LogP contribution in [0, 0.1) is 0 Å². The van der Waals surface area contributed by atoms with Crippen LogP contribution < -0.4 is 29.6 Å². The molecule has 27 heavy (non-hydrogen) atoms. The molecule has 1 atom stereocenters. The van der Waals surface area contributed by atoms with E-state index in [0.29, 0.717) is 11.2 Å². The Morgan fingerprint density at radius 2 is 1.56 bits per heavy atom. The summed E-state index contributed by atoms with van der Waals surface area (Å²) in [4.78, 5) is 15.0. The van der Waals surface area contributed by atoms with Crippen LogP contribution in [-0.4, -0.2) is 33.0 Å². The second kappa shape index (κ2) is 10.6. The van der Waals surface area contributed by atoms with Gasteiger partial charge in [0, 0.05) is 11.9 Å². The number of hydrogen-bond acceptors (Lipinski definition) is 6. The van der Waals surface area contributed by atoms with E-state index in [0.717, 1.165) is 0 Å². The average molecular weight is 414 g/mol. The molecule has 10 heteroatoms. The number of aldehydes is 1. The fourth-order valence-electron chi connectivity index (χ4n) is 2.09. The van der Waals surface area contributed by atoms with Crippen LogP contribution >= 0.6 is 0 Å². The van der Waals surface area contributed by atoms with Crippen molar-refractivity contribution in [3.05, 3.63) is 72.7 Å². The number of aromatic nitrogens is 2. The van der Waals surface area contributed by atoms with Crippen LogP contribution in [-0.2, 0) is 28.0 Å². The first-order valence-electron chi connectivity index (χ1n) is 7.29. The molecule has 136 valence electrons. The Morgan fingerprint density at radius 3 is 2.00 bits per heavy atom. The molecule has 2 aromatic carbocycles. The third-order valence-corrected chi connectivity index (χ3v) is 5.82. The summed E-state index contributed by atoms with van der Waals surface area (Å²) in [7, 11) is -2.16. The van der Waals surface area contributed by atoms with Crippen molar-refractivity contribution in [2.45, 2.75) is 14.8 Å². The molecule has 0 amide bonds. The van der Waals surface area contributed by atoms with Crippen LogP contribution in [0.4, 0.5) is 0 Å². The summed E-state index contributed by atoms with van der Waals surface area (Å²) in [6.07, 6.45) is 1.75. The first-order valence-corrected chi connectivity index (χ1v) is 9.84. The molecule has 0 fully saturated rings. The molecular formula is C17H15N2NaO5S2. The predicted molar refractivity (Wildman–Crippen MR) is 94.1 cm³/mol. The third kappa shape index (κ3) is 5.93. The zero-order chi connectivity index (χ0) is 19.2. The molecule has 1 unspecified atom stereocenters. The quantitative estimate of drug-likeness (QED) is 0.308. The molecule has 0 spiro atoms. The number of benzene rings is 2. The van der Waals surface area contributed by atoms with E-state index in [2.05, 4.69) is 4.98 Å². The molecule has 3 rings (SSSR count). The molecule has 0 aliphatic rings. The van der Waals surface area contributed by atoms with E-state index in [1.807, 2.05) is 0 Å². The van der Waals surface area contributed by atoms with Gasteiger partial charge in [-0.2, -0.15) is 0 Å².